The van der Waals surface area contributed by atoms with Gasteiger partial charge >= 0.3 is 0 Å². The number of rotatable bonds is 4. The molecule has 1 amide bonds. The second-order valence-corrected chi connectivity index (χ2v) is 7.08. The Kier molecular flexibility index (Phi) is 5.04. The van der Waals surface area contributed by atoms with Crippen LogP contribution >= 0.6 is 11.6 Å². The molecule has 1 unspecified atom stereocenters. The molecule has 1 aliphatic heterocycles. The van der Waals surface area contributed by atoms with Crippen LogP contribution in [0.25, 0.3) is 5.65 Å². The topological polar surface area (TPSA) is 71.8 Å². The van der Waals surface area contributed by atoms with Crippen molar-refractivity contribution in [3.63, 3.8) is 0 Å². The summed E-state index contributed by atoms with van der Waals surface area (Å²) in [5.74, 6) is -0.117. The van der Waals surface area contributed by atoms with Crippen molar-refractivity contribution in [3.05, 3.63) is 47.4 Å². The van der Waals surface area contributed by atoms with E-state index in [1.54, 1.807) is 12.1 Å². The first-order chi connectivity index (χ1) is 13.6. The summed E-state index contributed by atoms with van der Waals surface area (Å²) in [5, 5.41) is 11.7. The molecule has 0 aliphatic carbocycles. The Morgan fingerprint density at radius 1 is 1.36 bits per heavy atom. The SMILES string of the molecule is COc1ccc(NC(=O)C2CCCN(c3nnc4c(Cl)cccn34)C2)cc1F. The number of nitrogens with zero attached hydrogens (tertiary/aromatic N) is 4. The van der Waals surface area contributed by atoms with Crippen molar-refractivity contribution in [2.24, 2.45) is 5.92 Å². The molecule has 4 rings (SSSR count). The number of carbonyl (C=O) groups is 1. The molecule has 3 heterocycles. The molecule has 1 saturated heterocycles. The highest BCUT2D eigenvalue weighted by molar-refractivity contribution is 6.33. The number of pyridine rings is 1. The number of methoxy groups -OCH3 is 1. The minimum absolute atomic E-state index is 0.138. The maximum Gasteiger partial charge on any atom is 0.231 e. The molecule has 146 valence electrons. The first kappa shape index (κ1) is 18.5. The highest BCUT2D eigenvalue weighted by Crippen LogP contribution is 2.26. The highest BCUT2D eigenvalue weighted by atomic mass is 35.5. The Hall–Kier alpha value is -2.87. The van der Waals surface area contributed by atoms with Crippen LogP contribution in [-0.4, -0.2) is 40.7 Å². The van der Waals surface area contributed by atoms with Gasteiger partial charge in [0.2, 0.25) is 11.9 Å². The molecule has 3 aromatic rings. The first-order valence-corrected chi connectivity index (χ1v) is 9.33. The van der Waals surface area contributed by atoms with E-state index in [4.69, 9.17) is 16.3 Å². The Morgan fingerprint density at radius 3 is 3.00 bits per heavy atom. The molecule has 9 heteroatoms. The second-order valence-electron chi connectivity index (χ2n) is 6.67. The average Bonchev–Trinajstić information content (AvgIpc) is 3.14. The molecule has 1 aromatic carbocycles. The van der Waals surface area contributed by atoms with Gasteiger partial charge in [-0.05, 0) is 37.1 Å². The zero-order chi connectivity index (χ0) is 19.7. The fourth-order valence-electron chi connectivity index (χ4n) is 3.45. The third-order valence-corrected chi connectivity index (χ3v) is 5.16. The summed E-state index contributed by atoms with van der Waals surface area (Å²) in [6.07, 6.45) is 3.43. The van der Waals surface area contributed by atoms with Crippen LogP contribution in [0.3, 0.4) is 0 Å². The molecule has 2 aromatic heterocycles. The van der Waals surface area contributed by atoms with Crippen LogP contribution in [0.2, 0.25) is 5.02 Å². The maximum atomic E-state index is 13.9. The number of carbonyl (C=O) groups excluding carboxylic acids is 1. The van der Waals surface area contributed by atoms with E-state index in [2.05, 4.69) is 15.5 Å². The zero-order valence-corrected chi connectivity index (χ0v) is 16.0. The predicted octanol–water partition coefficient (Wildman–Crippen LogP) is 3.39. The molecule has 1 aliphatic rings. The van der Waals surface area contributed by atoms with E-state index >= 15 is 0 Å². The van der Waals surface area contributed by atoms with Gasteiger partial charge in [0, 0.05) is 31.0 Å². The minimum atomic E-state index is -0.516. The predicted molar refractivity (Wildman–Crippen MR) is 105 cm³/mol. The molecular formula is C19H19ClFN5O2. The number of anilines is 2. The van der Waals surface area contributed by atoms with Crippen molar-refractivity contribution >= 4 is 34.8 Å². The molecular weight excluding hydrogens is 385 g/mol. The summed E-state index contributed by atoms with van der Waals surface area (Å²) < 4.78 is 20.6. The third kappa shape index (κ3) is 3.47. The van der Waals surface area contributed by atoms with E-state index in [0.29, 0.717) is 28.9 Å². The Balaban J connectivity index is 1.49. The smallest absolute Gasteiger partial charge is 0.231 e. The standard InChI is InChI=1S/C19H19ClFN5O2/c1-28-16-7-6-13(10-15(16)21)22-18(27)12-4-2-8-25(11-12)19-24-23-17-14(20)5-3-9-26(17)19/h3,5-7,9-10,12H,2,4,8,11H2,1H3,(H,22,27). The highest BCUT2D eigenvalue weighted by Gasteiger charge is 2.28. The Morgan fingerprint density at radius 2 is 2.21 bits per heavy atom. The number of amides is 1. The van der Waals surface area contributed by atoms with Crippen LogP contribution in [0, 0.1) is 11.7 Å². The quantitative estimate of drug-likeness (QED) is 0.723. The average molecular weight is 404 g/mol. The van der Waals surface area contributed by atoms with E-state index in [0.717, 1.165) is 19.4 Å². The lowest BCUT2D eigenvalue weighted by molar-refractivity contribution is -0.120. The Labute approximate surface area is 166 Å². The van der Waals surface area contributed by atoms with Crippen LogP contribution in [0.4, 0.5) is 16.0 Å². The largest absolute Gasteiger partial charge is 0.494 e. The number of piperidine rings is 1. The molecule has 0 saturated carbocycles. The minimum Gasteiger partial charge on any atom is -0.494 e. The van der Waals surface area contributed by atoms with Crippen molar-refractivity contribution < 1.29 is 13.9 Å². The summed E-state index contributed by atoms with van der Waals surface area (Å²) in [6, 6.07) is 7.95. The lowest BCUT2D eigenvalue weighted by Crippen LogP contribution is -2.41. The van der Waals surface area contributed by atoms with Gasteiger partial charge in [-0.2, -0.15) is 0 Å². The number of ether oxygens (including phenoxy) is 1. The van der Waals surface area contributed by atoms with Gasteiger partial charge in [0.25, 0.3) is 0 Å². The van der Waals surface area contributed by atoms with Crippen molar-refractivity contribution in [2.75, 3.05) is 30.4 Å². The molecule has 1 atom stereocenters. The van der Waals surface area contributed by atoms with E-state index in [1.807, 2.05) is 21.6 Å². The lowest BCUT2D eigenvalue weighted by Gasteiger charge is -2.32. The number of aromatic nitrogens is 3. The maximum absolute atomic E-state index is 13.9. The molecule has 1 fully saturated rings. The van der Waals surface area contributed by atoms with Gasteiger partial charge in [0.1, 0.15) is 0 Å². The van der Waals surface area contributed by atoms with Crippen molar-refractivity contribution in [3.8, 4) is 5.75 Å². The molecule has 1 N–H and O–H groups in total. The van der Waals surface area contributed by atoms with Gasteiger partial charge in [0.15, 0.2) is 17.2 Å². The number of nitrogens with one attached hydrogen (secondary N) is 1. The normalized spacial score (nSPS) is 17.0. The van der Waals surface area contributed by atoms with E-state index in [9.17, 15) is 9.18 Å². The van der Waals surface area contributed by atoms with Gasteiger partial charge in [0.05, 0.1) is 18.1 Å². The summed E-state index contributed by atoms with van der Waals surface area (Å²) in [4.78, 5) is 14.7. The van der Waals surface area contributed by atoms with E-state index < -0.39 is 5.82 Å². The summed E-state index contributed by atoms with van der Waals surface area (Å²) in [5.41, 5.74) is 0.986. The van der Waals surface area contributed by atoms with Gasteiger partial charge in [-0.3, -0.25) is 9.20 Å². The van der Waals surface area contributed by atoms with Crippen LogP contribution in [-0.2, 0) is 4.79 Å². The summed E-state index contributed by atoms with van der Waals surface area (Å²) in [7, 11) is 1.40. The molecule has 0 radical (unpaired) electrons. The summed E-state index contributed by atoms with van der Waals surface area (Å²) in [6.45, 7) is 1.27. The van der Waals surface area contributed by atoms with E-state index in [-0.39, 0.29) is 17.6 Å². The monoisotopic (exact) mass is 403 g/mol. The number of halogens is 2. The molecule has 0 spiro atoms. The molecule has 7 nitrogen and oxygen atoms in total. The zero-order valence-electron chi connectivity index (χ0n) is 15.2. The van der Waals surface area contributed by atoms with Gasteiger partial charge < -0.3 is 15.0 Å². The van der Waals surface area contributed by atoms with Crippen LogP contribution in [0.1, 0.15) is 12.8 Å². The number of benzene rings is 1. The number of fused-ring (bicyclic) bond motifs is 1. The molecule has 0 bridgehead atoms. The van der Waals surface area contributed by atoms with Gasteiger partial charge in [-0.25, -0.2) is 4.39 Å². The van der Waals surface area contributed by atoms with Crippen LogP contribution in [0.5, 0.6) is 5.75 Å². The van der Waals surface area contributed by atoms with Crippen molar-refractivity contribution in [1.82, 2.24) is 14.6 Å². The van der Waals surface area contributed by atoms with E-state index in [1.165, 1.54) is 19.2 Å². The van der Waals surface area contributed by atoms with Crippen LogP contribution < -0.4 is 15.0 Å². The van der Waals surface area contributed by atoms with Crippen LogP contribution in [0.15, 0.2) is 36.5 Å². The lowest BCUT2D eigenvalue weighted by atomic mass is 9.97. The summed E-state index contributed by atoms with van der Waals surface area (Å²) >= 11 is 6.17. The second kappa shape index (κ2) is 7.63. The molecule has 28 heavy (non-hydrogen) atoms. The fourth-order valence-corrected chi connectivity index (χ4v) is 3.65. The number of hydrogen-bond donors (Lipinski definition) is 1. The first-order valence-electron chi connectivity index (χ1n) is 8.95. The fraction of sp³-hybridized carbons (Fsp3) is 0.316. The number of hydrogen-bond acceptors (Lipinski definition) is 5. The van der Waals surface area contributed by atoms with Gasteiger partial charge in [-0.1, -0.05) is 11.6 Å². The van der Waals surface area contributed by atoms with Crippen molar-refractivity contribution in [2.45, 2.75) is 12.8 Å². The third-order valence-electron chi connectivity index (χ3n) is 4.86. The van der Waals surface area contributed by atoms with Gasteiger partial charge in [-0.15, -0.1) is 10.2 Å². The Bertz CT molecular complexity index is 1020. The van der Waals surface area contributed by atoms with Crippen molar-refractivity contribution in [1.29, 1.82) is 0 Å².